The Hall–Kier alpha value is -1.52. The number of fused-ring (bicyclic) bond motifs is 1. The Morgan fingerprint density at radius 3 is 2.50 bits per heavy atom. The van der Waals surface area contributed by atoms with E-state index in [9.17, 15) is 4.79 Å². The fourth-order valence-corrected chi connectivity index (χ4v) is 2.17. The number of carbonyl (C=O) groups excluding carboxylic acids is 1. The maximum Gasteiger partial charge on any atom is 0.230 e. The zero-order valence-corrected chi connectivity index (χ0v) is 14.4. The summed E-state index contributed by atoms with van der Waals surface area (Å²) in [5.74, 6) is 0.531. The number of amides is 1. The Kier molecular flexibility index (Phi) is 6.03. The van der Waals surface area contributed by atoms with Crippen molar-refractivity contribution in [3.63, 3.8) is 0 Å². The summed E-state index contributed by atoms with van der Waals surface area (Å²) >= 11 is 0. The largest absolute Gasteiger partial charge is 0.460 e. The molecule has 0 aliphatic heterocycles. The van der Waals surface area contributed by atoms with Crippen LogP contribution in [0.25, 0.3) is 11.0 Å². The molecule has 5 heteroatoms. The van der Waals surface area contributed by atoms with E-state index in [0.29, 0.717) is 12.3 Å². The molecule has 1 aromatic carbocycles. The monoisotopic (exact) mass is 324 g/mol. The molecule has 1 aromatic heterocycles. The van der Waals surface area contributed by atoms with E-state index in [4.69, 9.17) is 10.2 Å². The molecular formula is C17H25ClN2O2. The summed E-state index contributed by atoms with van der Waals surface area (Å²) in [7, 11) is 0. The molecule has 0 spiro atoms. The van der Waals surface area contributed by atoms with E-state index in [-0.39, 0.29) is 30.2 Å². The van der Waals surface area contributed by atoms with Crippen LogP contribution in [0.5, 0.6) is 0 Å². The first kappa shape index (κ1) is 18.5. The van der Waals surface area contributed by atoms with Crippen molar-refractivity contribution in [3.8, 4) is 0 Å². The van der Waals surface area contributed by atoms with Gasteiger partial charge in [-0.15, -0.1) is 12.4 Å². The predicted octanol–water partition coefficient (Wildman–Crippen LogP) is 3.45. The number of furan rings is 1. The van der Waals surface area contributed by atoms with Crippen LogP contribution in [-0.2, 0) is 4.79 Å². The smallest absolute Gasteiger partial charge is 0.230 e. The summed E-state index contributed by atoms with van der Waals surface area (Å²) in [6, 6.07) is 9.68. The number of halogens is 1. The van der Waals surface area contributed by atoms with Crippen LogP contribution >= 0.6 is 12.4 Å². The zero-order valence-electron chi connectivity index (χ0n) is 13.6. The van der Waals surface area contributed by atoms with Gasteiger partial charge in [0.15, 0.2) is 0 Å². The number of carbonyl (C=O) groups is 1. The van der Waals surface area contributed by atoms with Gasteiger partial charge in [-0.05, 0) is 31.9 Å². The van der Waals surface area contributed by atoms with E-state index in [1.807, 2.05) is 44.2 Å². The number of nitrogens with two attached hydrogens (primary N) is 1. The minimum absolute atomic E-state index is 0. The lowest BCUT2D eigenvalue weighted by Crippen LogP contribution is -2.55. The Morgan fingerprint density at radius 1 is 1.32 bits per heavy atom. The summed E-state index contributed by atoms with van der Waals surface area (Å²) in [5.41, 5.74) is 6.22. The number of para-hydroxylation sites is 1. The summed E-state index contributed by atoms with van der Waals surface area (Å²) in [6.45, 7) is 8.34. The molecule has 0 saturated carbocycles. The third-order valence-corrected chi connectivity index (χ3v) is 4.37. The number of rotatable bonds is 5. The van der Waals surface area contributed by atoms with Crippen molar-refractivity contribution in [1.29, 1.82) is 0 Å². The summed E-state index contributed by atoms with van der Waals surface area (Å²) in [5, 5.41) is 4.07. The highest BCUT2D eigenvalue weighted by molar-refractivity contribution is 5.86. The van der Waals surface area contributed by atoms with Crippen molar-refractivity contribution in [3.05, 3.63) is 36.1 Å². The summed E-state index contributed by atoms with van der Waals surface area (Å²) in [4.78, 5) is 12.5. The predicted molar refractivity (Wildman–Crippen MR) is 92.3 cm³/mol. The van der Waals surface area contributed by atoms with Crippen LogP contribution in [-0.4, -0.2) is 18.0 Å². The standard InChI is InChI=1S/C17H24N2O2.ClH/c1-11(2)17(4,10-18)19-16(20)12(3)15-9-13-7-5-6-8-14(13)21-15;/h5-9,11-12H,10,18H2,1-4H3,(H,19,20);1H. The number of hydrogen-bond donors (Lipinski definition) is 2. The first-order chi connectivity index (χ1) is 9.87. The van der Waals surface area contributed by atoms with Gasteiger partial charge in [0.2, 0.25) is 5.91 Å². The Bertz CT molecular complexity index is 605. The first-order valence-electron chi connectivity index (χ1n) is 7.38. The van der Waals surface area contributed by atoms with E-state index in [1.165, 1.54) is 0 Å². The highest BCUT2D eigenvalue weighted by atomic mass is 35.5. The lowest BCUT2D eigenvalue weighted by atomic mass is 9.88. The van der Waals surface area contributed by atoms with E-state index in [0.717, 1.165) is 11.0 Å². The molecule has 2 rings (SSSR count). The number of nitrogens with one attached hydrogen (secondary N) is 1. The van der Waals surface area contributed by atoms with Crippen LogP contribution in [0.1, 0.15) is 39.4 Å². The van der Waals surface area contributed by atoms with Gasteiger partial charge in [0, 0.05) is 11.9 Å². The van der Waals surface area contributed by atoms with E-state index in [2.05, 4.69) is 19.2 Å². The second-order valence-corrected chi connectivity index (χ2v) is 6.17. The molecular weight excluding hydrogens is 300 g/mol. The molecule has 22 heavy (non-hydrogen) atoms. The van der Waals surface area contributed by atoms with Gasteiger partial charge >= 0.3 is 0 Å². The Labute approximate surface area is 137 Å². The quantitative estimate of drug-likeness (QED) is 0.885. The Balaban J connectivity index is 0.00000242. The summed E-state index contributed by atoms with van der Waals surface area (Å²) in [6.07, 6.45) is 0. The maximum atomic E-state index is 12.5. The molecule has 2 atom stereocenters. The highest BCUT2D eigenvalue weighted by Crippen LogP contribution is 2.26. The van der Waals surface area contributed by atoms with E-state index in [1.54, 1.807) is 0 Å². The van der Waals surface area contributed by atoms with Crippen molar-refractivity contribution in [2.75, 3.05) is 6.54 Å². The third kappa shape index (κ3) is 3.62. The minimum Gasteiger partial charge on any atom is -0.460 e. The maximum absolute atomic E-state index is 12.5. The fourth-order valence-electron chi connectivity index (χ4n) is 2.17. The SMILES string of the molecule is CC(C(=O)NC(C)(CN)C(C)C)c1cc2ccccc2o1.Cl. The lowest BCUT2D eigenvalue weighted by Gasteiger charge is -2.34. The molecule has 0 aliphatic rings. The molecule has 4 nitrogen and oxygen atoms in total. The van der Waals surface area contributed by atoms with Gasteiger partial charge in [0.25, 0.3) is 0 Å². The van der Waals surface area contributed by atoms with Crippen molar-refractivity contribution < 1.29 is 9.21 Å². The average molecular weight is 325 g/mol. The normalized spacial score (nSPS) is 15.2. The molecule has 1 heterocycles. The van der Waals surface area contributed by atoms with E-state index < -0.39 is 5.54 Å². The second kappa shape index (κ2) is 7.16. The van der Waals surface area contributed by atoms with Crippen molar-refractivity contribution in [1.82, 2.24) is 5.32 Å². The van der Waals surface area contributed by atoms with Gasteiger partial charge < -0.3 is 15.5 Å². The van der Waals surface area contributed by atoms with Crippen LogP contribution in [0.2, 0.25) is 0 Å². The second-order valence-electron chi connectivity index (χ2n) is 6.17. The lowest BCUT2D eigenvalue weighted by molar-refractivity contribution is -0.124. The van der Waals surface area contributed by atoms with Crippen molar-refractivity contribution in [2.45, 2.75) is 39.2 Å². The fraction of sp³-hybridized carbons (Fsp3) is 0.471. The number of hydrogen-bond acceptors (Lipinski definition) is 3. The highest BCUT2D eigenvalue weighted by Gasteiger charge is 2.31. The molecule has 0 aliphatic carbocycles. The van der Waals surface area contributed by atoms with Crippen LogP contribution in [0.4, 0.5) is 0 Å². The van der Waals surface area contributed by atoms with Gasteiger partial charge in [0.1, 0.15) is 11.3 Å². The van der Waals surface area contributed by atoms with Crippen LogP contribution in [0.15, 0.2) is 34.7 Å². The molecule has 2 aromatic rings. The number of benzene rings is 1. The topological polar surface area (TPSA) is 68.3 Å². The molecule has 2 unspecified atom stereocenters. The van der Waals surface area contributed by atoms with Crippen LogP contribution in [0.3, 0.4) is 0 Å². The van der Waals surface area contributed by atoms with Gasteiger partial charge in [0.05, 0.1) is 11.5 Å². The van der Waals surface area contributed by atoms with E-state index >= 15 is 0 Å². The molecule has 1 amide bonds. The zero-order chi connectivity index (χ0) is 15.6. The third-order valence-electron chi connectivity index (χ3n) is 4.37. The molecule has 0 saturated heterocycles. The van der Waals surface area contributed by atoms with Crippen LogP contribution < -0.4 is 11.1 Å². The summed E-state index contributed by atoms with van der Waals surface area (Å²) < 4.78 is 5.77. The van der Waals surface area contributed by atoms with Gasteiger partial charge in [-0.25, -0.2) is 0 Å². The van der Waals surface area contributed by atoms with Gasteiger partial charge in [-0.2, -0.15) is 0 Å². The Morgan fingerprint density at radius 2 is 1.95 bits per heavy atom. The molecule has 0 bridgehead atoms. The molecule has 3 N–H and O–H groups in total. The molecule has 0 radical (unpaired) electrons. The van der Waals surface area contributed by atoms with Crippen molar-refractivity contribution in [2.24, 2.45) is 11.7 Å². The van der Waals surface area contributed by atoms with Gasteiger partial charge in [-0.3, -0.25) is 4.79 Å². The average Bonchev–Trinajstić information content (AvgIpc) is 2.89. The minimum atomic E-state index is -0.405. The van der Waals surface area contributed by atoms with Crippen LogP contribution in [0, 0.1) is 5.92 Å². The van der Waals surface area contributed by atoms with Gasteiger partial charge in [-0.1, -0.05) is 32.0 Å². The first-order valence-corrected chi connectivity index (χ1v) is 7.38. The molecule has 0 fully saturated rings. The van der Waals surface area contributed by atoms with Crippen molar-refractivity contribution >= 4 is 29.3 Å². The molecule has 122 valence electrons.